The average Bonchev–Trinajstić information content (AvgIpc) is 3.45. The summed E-state index contributed by atoms with van der Waals surface area (Å²) >= 11 is 0. The number of nitrogen functional groups attached to an aromatic ring is 1. The number of nitrogens with two attached hydrogens (primary N) is 1. The van der Waals surface area contributed by atoms with Gasteiger partial charge >= 0.3 is 5.69 Å². The summed E-state index contributed by atoms with van der Waals surface area (Å²) in [6.45, 7) is 1.11. The minimum atomic E-state index is -0.544. The van der Waals surface area contributed by atoms with Gasteiger partial charge in [-0.05, 0) is 11.1 Å². The molecule has 0 aliphatic heterocycles. The monoisotopic (exact) mass is 483 g/mol. The summed E-state index contributed by atoms with van der Waals surface area (Å²) in [7, 11) is 0. The van der Waals surface area contributed by atoms with E-state index < -0.39 is 11.2 Å². The molecule has 6 rings (SSSR count). The maximum absolute atomic E-state index is 11.8. The molecule has 0 aliphatic rings. The van der Waals surface area contributed by atoms with Crippen molar-refractivity contribution in [2.24, 2.45) is 0 Å². The number of fused-ring (bicyclic) bond motifs is 2. The summed E-state index contributed by atoms with van der Waals surface area (Å²) in [5.41, 5.74) is 7.86. The van der Waals surface area contributed by atoms with Gasteiger partial charge in [-0.25, -0.2) is 14.8 Å². The van der Waals surface area contributed by atoms with Gasteiger partial charge in [-0.15, -0.1) is 0 Å². The summed E-state index contributed by atoms with van der Waals surface area (Å²) in [5, 5.41) is 0. The minimum absolute atomic E-state index is 0.0810. The van der Waals surface area contributed by atoms with Crippen LogP contribution in [0.5, 0.6) is 0 Å². The van der Waals surface area contributed by atoms with Crippen LogP contribution >= 0.6 is 0 Å². The van der Waals surface area contributed by atoms with Crippen molar-refractivity contribution in [2.45, 2.75) is 13.1 Å². The number of rotatable bonds is 4. The van der Waals surface area contributed by atoms with Crippen LogP contribution in [0.25, 0.3) is 22.3 Å². The molecule has 0 saturated heterocycles. The molecule has 0 saturated carbocycles. The van der Waals surface area contributed by atoms with Gasteiger partial charge in [0.05, 0.1) is 12.7 Å². The van der Waals surface area contributed by atoms with Gasteiger partial charge in [0, 0.05) is 13.1 Å². The van der Waals surface area contributed by atoms with Crippen LogP contribution in [0, 0.1) is 0 Å². The Bertz CT molecular complexity index is 1810. The van der Waals surface area contributed by atoms with Crippen molar-refractivity contribution < 1.29 is 0 Å². The SMILES string of the molecule is Nc1nc2ncn(Cc3ccccc3)c2c(=O)[nH]1.O=c1[nH]c(=O)c2c(ncn2Cc2ccccc2)[nH]1. The van der Waals surface area contributed by atoms with E-state index in [1.807, 2.05) is 60.7 Å². The van der Waals surface area contributed by atoms with Gasteiger partial charge in [0.1, 0.15) is 0 Å². The van der Waals surface area contributed by atoms with Crippen molar-refractivity contribution in [3.63, 3.8) is 0 Å². The predicted octanol–water partition coefficient (Wildman–Crippen LogP) is 1.21. The molecule has 180 valence electrons. The van der Waals surface area contributed by atoms with Crippen LogP contribution in [-0.2, 0) is 13.1 Å². The van der Waals surface area contributed by atoms with Crippen molar-refractivity contribution >= 4 is 28.3 Å². The molecule has 5 N–H and O–H groups in total. The number of benzene rings is 2. The molecule has 0 atom stereocenters. The van der Waals surface area contributed by atoms with Gasteiger partial charge in [-0.1, -0.05) is 60.7 Å². The van der Waals surface area contributed by atoms with Gasteiger partial charge in [0.2, 0.25) is 5.95 Å². The lowest BCUT2D eigenvalue weighted by Crippen LogP contribution is -2.23. The van der Waals surface area contributed by atoms with E-state index in [0.717, 1.165) is 11.1 Å². The summed E-state index contributed by atoms with van der Waals surface area (Å²) in [4.78, 5) is 54.0. The lowest BCUT2D eigenvalue weighted by atomic mass is 10.2. The summed E-state index contributed by atoms with van der Waals surface area (Å²) in [6.07, 6.45) is 3.14. The largest absolute Gasteiger partial charge is 0.369 e. The average molecular weight is 483 g/mol. The second kappa shape index (κ2) is 9.54. The zero-order valence-electron chi connectivity index (χ0n) is 18.9. The lowest BCUT2D eigenvalue weighted by Gasteiger charge is -2.03. The van der Waals surface area contributed by atoms with E-state index in [9.17, 15) is 14.4 Å². The maximum atomic E-state index is 11.8. The molecule has 36 heavy (non-hydrogen) atoms. The van der Waals surface area contributed by atoms with Crippen LogP contribution in [0.2, 0.25) is 0 Å². The molecule has 12 heteroatoms. The van der Waals surface area contributed by atoms with Crippen molar-refractivity contribution in [1.29, 1.82) is 0 Å². The number of anilines is 1. The van der Waals surface area contributed by atoms with Crippen molar-refractivity contribution in [3.05, 3.63) is 116 Å². The van der Waals surface area contributed by atoms with Crippen LogP contribution in [0.3, 0.4) is 0 Å². The van der Waals surface area contributed by atoms with Gasteiger partial charge in [-0.2, -0.15) is 4.98 Å². The highest BCUT2D eigenvalue weighted by atomic mass is 16.2. The zero-order chi connectivity index (χ0) is 25.1. The molecule has 0 spiro atoms. The molecule has 0 fully saturated rings. The molecule has 2 aromatic carbocycles. The number of nitrogens with one attached hydrogen (secondary N) is 3. The first-order valence-electron chi connectivity index (χ1n) is 10.9. The molecule has 0 aliphatic carbocycles. The molecule has 0 amide bonds. The zero-order valence-corrected chi connectivity index (χ0v) is 18.9. The first kappa shape index (κ1) is 22.5. The number of hydrogen-bond donors (Lipinski definition) is 4. The molecule has 4 aromatic heterocycles. The molecule has 0 bridgehead atoms. The van der Waals surface area contributed by atoms with Gasteiger partial charge in [0.15, 0.2) is 22.3 Å². The lowest BCUT2D eigenvalue weighted by molar-refractivity contribution is 0.818. The quantitative estimate of drug-likeness (QED) is 0.292. The van der Waals surface area contributed by atoms with Crippen LogP contribution in [-0.4, -0.2) is 39.0 Å². The standard InChI is InChI=1S/C12H11N5O.C12H10N4O2/c13-12-15-10-9(11(18)16-12)17(7-14-10)6-8-4-2-1-3-5-8;17-11-9-10(14-12(18)15-11)13-7-16(9)6-8-4-2-1-3-5-8/h1-5,7H,6H2,(H3,13,15,16,18);1-5,7H,6H2,(H2,14,15,17,18). The van der Waals surface area contributed by atoms with Gasteiger partial charge in [0.25, 0.3) is 11.1 Å². The number of H-pyrrole nitrogens is 3. The summed E-state index contributed by atoms with van der Waals surface area (Å²) in [6, 6.07) is 19.6. The third-order valence-electron chi connectivity index (χ3n) is 5.40. The third-order valence-corrected chi connectivity index (χ3v) is 5.40. The third kappa shape index (κ3) is 4.68. The van der Waals surface area contributed by atoms with E-state index in [0.29, 0.717) is 35.4 Å². The van der Waals surface area contributed by atoms with E-state index in [1.165, 1.54) is 0 Å². The normalized spacial score (nSPS) is 10.9. The Labute approximate surface area is 202 Å². The van der Waals surface area contributed by atoms with Crippen LogP contribution in [0.4, 0.5) is 5.95 Å². The summed E-state index contributed by atoms with van der Waals surface area (Å²) < 4.78 is 3.47. The Kier molecular flexibility index (Phi) is 5.97. The Morgan fingerprint density at radius 3 is 1.89 bits per heavy atom. The number of aromatic nitrogens is 8. The smallest absolute Gasteiger partial charge is 0.327 e. The maximum Gasteiger partial charge on any atom is 0.327 e. The van der Waals surface area contributed by atoms with E-state index in [-0.39, 0.29) is 11.5 Å². The van der Waals surface area contributed by atoms with E-state index in [2.05, 4.69) is 29.9 Å². The summed E-state index contributed by atoms with van der Waals surface area (Å²) in [5.74, 6) is 0.0810. The first-order valence-corrected chi connectivity index (χ1v) is 10.9. The van der Waals surface area contributed by atoms with Crippen molar-refractivity contribution in [3.8, 4) is 0 Å². The fourth-order valence-corrected chi connectivity index (χ4v) is 3.82. The highest BCUT2D eigenvalue weighted by Gasteiger charge is 2.10. The fourth-order valence-electron chi connectivity index (χ4n) is 3.82. The minimum Gasteiger partial charge on any atom is -0.369 e. The molecule has 6 aromatic rings. The van der Waals surface area contributed by atoms with E-state index >= 15 is 0 Å². The highest BCUT2D eigenvalue weighted by Crippen LogP contribution is 2.10. The Hall–Kier alpha value is -5.26. The number of hydrogen-bond acceptors (Lipinski definition) is 7. The number of aromatic amines is 3. The predicted molar refractivity (Wildman–Crippen MR) is 135 cm³/mol. The second-order valence-electron chi connectivity index (χ2n) is 7.94. The highest BCUT2D eigenvalue weighted by molar-refractivity contribution is 5.70. The number of nitrogens with zero attached hydrogens (tertiary/aromatic N) is 5. The molecular formula is C24H21N9O3. The van der Waals surface area contributed by atoms with Crippen LogP contribution < -0.4 is 22.5 Å². The molecule has 0 radical (unpaired) electrons. The molecule has 12 nitrogen and oxygen atoms in total. The van der Waals surface area contributed by atoms with E-state index in [1.54, 1.807) is 21.8 Å². The second-order valence-corrected chi connectivity index (χ2v) is 7.94. The van der Waals surface area contributed by atoms with Crippen molar-refractivity contribution in [2.75, 3.05) is 5.73 Å². The Morgan fingerprint density at radius 1 is 0.694 bits per heavy atom. The molecular weight excluding hydrogens is 462 g/mol. The fraction of sp³-hybridized carbons (Fsp3) is 0.0833. The van der Waals surface area contributed by atoms with Crippen LogP contribution in [0.15, 0.2) is 87.7 Å². The topological polar surface area (TPSA) is 173 Å². The van der Waals surface area contributed by atoms with Gasteiger partial charge < -0.3 is 14.9 Å². The Morgan fingerprint density at radius 2 is 1.25 bits per heavy atom. The molecule has 4 heterocycles. The van der Waals surface area contributed by atoms with Crippen molar-refractivity contribution in [1.82, 2.24) is 39.0 Å². The van der Waals surface area contributed by atoms with Crippen LogP contribution in [0.1, 0.15) is 11.1 Å². The Balaban J connectivity index is 0.000000148. The first-order chi connectivity index (χ1) is 17.5. The van der Waals surface area contributed by atoms with Gasteiger partial charge in [-0.3, -0.25) is 24.5 Å². The van der Waals surface area contributed by atoms with E-state index in [4.69, 9.17) is 5.73 Å². The molecule has 0 unspecified atom stereocenters. The number of imidazole rings is 2.